The van der Waals surface area contributed by atoms with E-state index in [1.807, 2.05) is 37.3 Å². The topological polar surface area (TPSA) is 87.7 Å². The fourth-order valence-electron chi connectivity index (χ4n) is 3.42. The molecule has 6 nitrogen and oxygen atoms in total. The van der Waals surface area contributed by atoms with Gasteiger partial charge in [0.1, 0.15) is 11.9 Å². The van der Waals surface area contributed by atoms with Crippen molar-refractivity contribution in [1.29, 1.82) is 0 Å². The van der Waals surface area contributed by atoms with Crippen LogP contribution in [0.25, 0.3) is 0 Å². The van der Waals surface area contributed by atoms with Crippen LogP contribution in [0.1, 0.15) is 44.2 Å². The van der Waals surface area contributed by atoms with Gasteiger partial charge in [0.2, 0.25) is 10.0 Å². The zero-order chi connectivity index (χ0) is 20.1. The molecule has 28 heavy (non-hydrogen) atoms. The Morgan fingerprint density at radius 2 is 1.82 bits per heavy atom. The Labute approximate surface area is 167 Å². The second-order valence-electron chi connectivity index (χ2n) is 7.18. The molecule has 0 amide bonds. The second kappa shape index (κ2) is 8.94. The Balaban J connectivity index is 1.64. The van der Waals surface area contributed by atoms with Gasteiger partial charge in [-0.3, -0.25) is 0 Å². The summed E-state index contributed by atoms with van der Waals surface area (Å²) in [5.41, 5.74) is 1.79. The third kappa shape index (κ3) is 5.04. The number of sulfonamides is 1. The van der Waals surface area contributed by atoms with E-state index in [-0.39, 0.29) is 17.0 Å². The lowest BCUT2D eigenvalue weighted by Crippen LogP contribution is -2.34. The van der Waals surface area contributed by atoms with Crippen molar-refractivity contribution in [3.05, 3.63) is 54.1 Å². The van der Waals surface area contributed by atoms with Gasteiger partial charge in [0.15, 0.2) is 0 Å². The van der Waals surface area contributed by atoms with E-state index >= 15 is 0 Å². The van der Waals surface area contributed by atoms with Crippen LogP contribution in [-0.2, 0) is 10.0 Å². The largest absolute Gasteiger partial charge is 0.488 e. The zero-order valence-corrected chi connectivity index (χ0v) is 17.1. The molecule has 1 aliphatic rings. The van der Waals surface area contributed by atoms with Crippen LogP contribution < -0.4 is 14.8 Å². The van der Waals surface area contributed by atoms with Crippen molar-refractivity contribution in [2.24, 2.45) is 0 Å². The summed E-state index contributed by atoms with van der Waals surface area (Å²) in [6.07, 6.45) is 3.28. The van der Waals surface area contributed by atoms with Gasteiger partial charge in [-0.15, -0.1) is 0 Å². The Morgan fingerprint density at radius 1 is 1.11 bits per heavy atom. The summed E-state index contributed by atoms with van der Waals surface area (Å²) in [4.78, 5) is 0.246. The van der Waals surface area contributed by atoms with Crippen LogP contribution in [-0.4, -0.2) is 32.8 Å². The fraction of sp³-hybridized carbons (Fsp3) is 0.429. The molecule has 0 unspecified atom stereocenters. The van der Waals surface area contributed by atoms with Gasteiger partial charge in [0.25, 0.3) is 0 Å². The Hall–Kier alpha value is -2.09. The molecule has 0 saturated heterocycles. The Bertz CT molecular complexity index is 884. The number of hydrogen-bond donors (Lipinski definition) is 3. The molecular weight excluding hydrogens is 376 g/mol. The maximum Gasteiger partial charge on any atom is 0.240 e. The molecule has 1 saturated carbocycles. The maximum absolute atomic E-state index is 12.0. The number of rotatable bonds is 7. The molecule has 0 bridgehead atoms. The minimum absolute atomic E-state index is 0.0704. The SMILES string of the molecule is CNS(=O)(=O)c1cccc([C@H](C)Nc2ccc(O[C@@H]3CCCC[C@@H]3O)cc2)c1. The van der Waals surface area contributed by atoms with Crippen molar-refractivity contribution in [3.63, 3.8) is 0 Å². The number of aliphatic hydroxyl groups is 1. The number of benzene rings is 2. The third-order valence-electron chi connectivity index (χ3n) is 5.13. The first-order valence-electron chi connectivity index (χ1n) is 9.64. The van der Waals surface area contributed by atoms with E-state index in [4.69, 9.17) is 4.74 Å². The number of nitrogens with one attached hydrogen (secondary N) is 2. The summed E-state index contributed by atoms with van der Waals surface area (Å²) in [7, 11) is -2.06. The molecule has 3 atom stereocenters. The minimum atomic E-state index is -3.47. The molecule has 1 aliphatic carbocycles. The van der Waals surface area contributed by atoms with E-state index in [0.29, 0.717) is 0 Å². The van der Waals surface area contributed by atoms with Crippen LogP contribution in [0.4, 0.5) is 5.69 Å². The second-order valence-corrected chi connectivity index (χ2v) is 9.07. The summed E-state index contributed by atoms with van der Waals surface area (Å²) in [6.45, 7) is 1.98. The molecule has 2 aromatic carbocycles. The predicted molar refractivity (Wildman–Crippen MR) is 110 cm³/mol. The van der Waals surface area contributed by atoms with E-state index in [1.165, 1.54) is 7.05 Å². The first-order valence-corrected chi connectivity index (χ1v) is 11.1. The van der Waals surface area contributed by atoms with Crippen LogP contribution in [0.3, 0.4) is 0 Å². The lowest BCUT2D eigenvalue weighted by atomic mass is 9.95. The highest BCUT2D eigenvalue weighted by molar-refractivity contribution is 7.89. The molecule has 0 aliphatic heterocycles. The molecule has 0 heterocycles. The van der Waals surface area contributed by atoms with Crippen LogP contribution >= 0.6 is 0 Å². The standard InChI is InChI=1S/C21H28N2O4S/c1-15(16-6-5-7-19(14-16)28(25,26)22-2)23-17-10-12-18(13-11-17)27-21-9-4-3-8-20(21)24/h5-7,10-15,20-24H,3-4,8-9H2,1-2H3/t15-,20-,21+/m0/s1. The molecule has 3 rings (SSSR count). The van der Waals surface area contributed by atoms with Crippen LogP contribution in [0, 0.1) is 0 Å². The van der Waals surface area contributed by atoms with Gasteiger partial charge >= 0.3 is 0 Å². The monoisotopic (exact) mass is 404 g/mol. The number of aliphatic hydroxyl groups excluding tert-OH is 1. The van der Waals surface area contributed by atoms with Crippen LogP contribution in [0.5, 0.6) is 5.75 Å². The van der Waals surface area contributed by atoms with Gasteiger partial charge < -0.3 is 15.2 Å². The average molecular weight is 405 g/mol. The Kier molecular flexibility index (Phi) is 6.59. The highest BCUT2D eigenvalue weighted by atomic mass is 32.2. The van der Waals surface area contributed by atoms with Crippen molar-refractivity contribution in [2.45, 2.75) is 55.8 Å². The van der Waals surface area contributed by atoms with Crippen molar-refractivity contribution in [1.82, 2.24) is 4.72 Å². The molecule has 0 aromatic heterocycles. The molecule has 0 radical (unpaired) electrons. The van der Waals surface area contributed by atoms with Gasteiger partial charge in [0, 0.05) is 11.7 Å². The molecule has 1 fully saturated rings. The smallest absolute Gasteiger partial charge is 0.240 e. The average Bonchev–Trinajstić information content (AvgIpc) is 2.71. The van der Waals surface area contributed by atoms with Gasteiger partial charge in [-0.25, -0.2) is 13.1 Å². The molecular formula is C21H28N2O4S. The van der Waals surface area contributed by atoms with Crippen molar-refractivity contribution < 1.29 is 18.3 Å². The minimum Gasteiger partial charge on any atom is -0.488 e. The highest BCUT2D eigenvalue weighted by Gasteiger charge is 2.24. The third-order valence-corrected chi connectivity index (χ3v) is 6.54. The molecule has 7 heteroatoms. The summed E-state index contributed by atoms with van der Waals surface area (Å²) in [5.74, 6) is 0.742. The predicted octanol–water partition coefficient (Wildman–Crippen LogP) is 3.45. The van der Waals surface area contributed by atoms with Gasteiger partial charge in [-0.2, -0.15) is 0 Å². The summed E-state index contributed by atoms with van der Waals surface area (Å²) < 4.78 is 32.3. The first-order chi connectivity index (χ1) is 13.4. The van der Waals surface area contributed by atoms with Crippen LogP contribution in [0.2, 0.25) is 0 Å². The number of ether oxygens (including phenoxy) is 1. The summed E-state index contributed by atoms with van der Waals surface area (Å²) in [5, 5.41) is 13.4. The lowest BCUT2D eigenvalue weighted by Gasteiger charge is -2.28. The van der Waals surface area contributed by atoms with Gasteiger partial charge in [-0.05, 0) is 75.2 Å². The van der Waals surface area contributed by atoms with Gasteiger partial charge in [0.05, 0.1) is 11.0 Å². The van der Waals surface area contributed by atoms with E-state index in [9.17, 15) is 13.5 Å². The van der Waals surface area contributed by atoms with Crippen molar-refractivity contribution >= 4 is 15.7 Å². The maximum atomic E-state index is 12.0. The number of hydrogen-bond acceptors (Lipinski definition) is 5. The summed E-state index contributed by atoms with van der Waals surface area (Å²) in [6, 6.07) is 14.4. The van der Waals surface area contributed by atoms with Crippen molar-refractivity contribution in [2.75, 3.05) is 12.4 Å². The number of anilines is 1. The van der Waals surface area contributed by atoms with E-state index in [0.717, 1.165) is 42.7 Å². The van der Waals surface area contributed by atoms with E-state index < -0.39 is 16.1 Å². The van der Waals surface area contributed by atoms with Gasteiger partial charge in [-0.1, -0.05) is 18.6 Å². The molecule has 0 spiro atoms. The lowest BCUT2D eigenvalue weighted by molar-refractivity contribution is 0.00688. The molecule has 152 valence electrons. The molecule has 3 N–H and O–H groups in total. The molecule has 2 aromatic rings. The fourth-order valence-corrected chi connectivity index (χ4v) is 4.21. The first kappa shape index (κ1) is 20.6. The van der Waals surface area contributed by atoms with Crippen LogP contribution in [0.15, 0.2) is 53.4 Å². The quantitative estimate of drug-likeness (QED) is 0.658. The highest BCUT2D eigenvalue weighted by Crippen LogP contribution is 2.26. The zero-order valence-electron chi connectivity index (χ0n) is 16.3. The normalized spacial score (nSPS) is 21.1. The Morgan fingerprint density at radius 3 is 2.50 bits per heavy atom. The summed E-state index contributed by atoms with van der Waals surface area (Å²) >= 11 is 0. The van der Waals surface area contributed by atoms with E-state index in [1.54, 1.807) is 18.2 Å². The van der Waals surface area contributed by atoms with Crippen molar-refractivity contribution in [3.8, 4) is 5.75 Å². The van der Waals surface area contributed by atoms with E-state index in [2.05, 4.69) is 10.0 Å².